The van der Waals surface area contributed by atoms with Gasteiger partial charge in [-0.3, -0.25) is 0 Å². The summed E-state index contributed by atoms with van der Waals surface area (Å²) in [5, 5.41) is 7.55. The van der Waals surface area contributed by atoms with Crippen molar-refractivity contribution >= 4 is 34.3 Å². The van der Waals surface area contributed by atoms with Crippen molar-refractivity contribution in [3.63, 3.8) is 0 Å². The van der Waals surface area contributed by atoms with Gasteiger partial charge in [0.25, 0.3) is 0 Å². The molecule has 174 valence electrons. The summed E-state index contributed by atoms with van der Waals surface area (Å²) in [6, 6.07) is 0.253. The van der Waals surface area contributed by atoms with Gasteiger partial charge < -0.3 is 25.0 Å². The van der Waals surface area contributed by atoms with Crippen molar-refractivity contribution in [1.82, 2.24) is 25.3 Å². The first-order chi connectivity index (χ1) is 15.1. The maximum atomic E-state index is 6.38. The first kappa shape index (κ1) is 22.0. The second-order valence-electron chi connectivity index (χ2n) is 10.5. The molecule has 0 bridgehead atoms. The number of fused-ring (bicyclic) bond motifs is 1. The minimum atomic E-state index is -0.445. The molecule has 2 aromatic heterocycles. The summed E-state index contributed by atoms with van der Waals surface area (Å²) in [5.74, 6) is 0.999. The Morgan fingerprint density at radius 3 is 2.31 bits per heavy atom. The highest BCUT2D eigenvalue weighted by molar-refractivity contribution is 6.29. The van der Waals surface area contributed by atoms with E-state index in [0.29, 0.717) is 30.1 Å². The fourth-order valence-electron chi connectivity index (χ4n) is 5.69. The molecule has 3 aliphatic heterocycles. The van der Waals surface area contributed by atoms with Crippen LogP contribution >= 0.6 is 11.6 Å². The second kappa shape index (κ2) is 7.90. The van der Waals surface area contributed by atoms with Crippen LogP contribution in [0.4, 0.5) is 11.6 Å². The van der Waals surface area contributed by atoms with Gasteiger partial charge in [0.2, 0.25) is 5.28 Å². The van der Waals surface area contributed by atoms with Crippen molar-refractivity contribution in [2.45, 2.75) is 76.3 Å². The Kier molecular flexibility index (Phi) is 5.43. The maximum absolute atomic E-state index is 6.38. The molecule has 0 aromatic carbocycles. The monoisotopic (exact) mass is 461 g/mol. The Labute approximate surface area is 193 Å². The molecule has 0 atom stereocenters. The molecule has 32 heavy (non-hydrogen) atoms. The molecule has 0 amide bonds. The number of nitrogens with zero attached hydrogens (tertiary/aromatic N) is 5. The Bertz CT molecular complexity index is 983. The van der Waals surface area contributed by atoms with Crippen LogP contribution in [0.3, 0.4) is 0 Å². The van der Waals surface area contributed by atoms with Crippen LogP contribution in [0.15, 0.2) is 6.33 Å². The van der Waals surface area contributed by atoms with Crippen LogP contribution in [-0.4, -0.2) is 69.1 Å². The summed E-state index contributed by atoms with van der Waals surface area (Å²) >= 11 is 6.38. The van der Waals surface area contributed by atoms with Gasteiger partial charge in [0.1, 0.15) is 17.4 Å². The maximum Gasteiger partial charge on any atom is 0.225 e. The largest absolute Gasteiger partial charge is 0.365 e. The van der Waals surface area contributed by atoms with E-state index in [1.54, 1.807) is 6.33 Å². The van der Waals surface area contributed by atoms with Gasteiger partial charge in [0.15, 0.2) is 17.4 Å². The molecule has 2 N–H and O–H groups in total. The summed E-state index contributed by atoms with van der Waals surface area (Å²) < 4.78 is 11.7. The van der Waals surface area contributed by atoms with Crippen LogP contribution in [0.2, 0.25) is 5.28 Å². The smallest absolute Gasteiger partial charge is 0.225 e. The Morgan fingerprint density at radius 2 is 1.66 bits per heavy atom. The molecule has 0 aliphatic carbocycles. The highest BCUT2D eigenvalue weighted by Crippen LogP contribution is 2.36. The second-order valence-corrected chi connectivity index (χ2v) is 10.8. The molecule has 0 saturated carbocycles. The zero-order valence-corrected chi connectivity index (χ0v) is 20.0. The number of piperidine rings is 2. The van der Waals surface area contributed by atoms with E-state index in [2.05, 4.69) is 63.2 Å². The minimum absolute atomic E-state index is 0.0220. The molecule has 9 nitrogen and oxygen atoms in total. The van der Waals surface area contributed by atoms with Crippen molar-refractivity contribution in [2.75, 3.05) is 36.5 Å². The Balaban J connectivity index is 1.43. The van der Waals surface area contributed by atoms with Crippen LogP contribution in [0.5, 0.6) is 0 Å². The predicted octanol–water partition coefficient (Wildman–Crippen LogP) is 3.14. The van der Waals surface area contributed by atoms with Crippen molar-refractivity contribution in [1.29, 1.82) is 0 Å². The van der Waals surface area contributed by atoms with E-state index in [4.69, 9.17) is 21.1 Å². The lowest BCUT2D eigenvalue weighted by Gasteiger charge is -2.46. The molecule has 2 aromatic rings. The predicted molar refractivity (Wildman–Crippen MR) is 124 cm³/mol. The molecule has 0 unspecified atom stereocenters. The van der Waals surface area contributed by atoms with Crippen LogP contribution in [0, 0.1) is 0 Å². The van der Waals surface area contributed by atoms with Crippen LogP contribution in [-0.2, 0) is 9.47 Å². The van der Waals surface area contributed by atoms with Gasteiger partial charge >= 0.3 is 0 Å². The molecule has 0 radical (unpaired) electrons. The van der Waals surface area contributed by atoms with Crippen molar-refractivity contribution in [3.05, 3.63) is 11.6 Å². The average molecular weight is 462 g/mol. The molecule has 3 fully saturated rings. The van der Waals surface area contributed by atoms with Gasteiger partial charge in [0, 0.05) is 43.1 Å². The molecule has 5 rings (SSSR count). The van der Waals surface area contributed by atoms with Crippen LogP contribution < -0.4 is 15.5 Å². The number of ether oxygens (including phenoxy) is 2. The number of hydrogen-bond donors (Lipinski definition) is 2. The van der Waals surface area contributed by atoms with E-state index in [1.807, 2.05) is 0 Å². The van der Waals surface area contributed by atoms with Crippen molar-refractivity contribution in [2.24, 2.45) is 0 Å². The summed E-state index contributed by atoms with van der Waals surface area (Å²) in [7, 11) is 0. The Hall–Kier alpha value is -1.81. The topological polar surface area (TPSA) is 97.3 Å². The van der Waals surface area contributed by atoms with E-state index < -0.39 is 5.79 Å². The quantitative estimate of drug-likeness (QED) is 0.668. The van der Waals surface area contributed by atoms with E-state index in [1.165, 1.54) is 0 Å². The lowest BCUT2D eigenvalue weighted by Crippen LogP contribution is -2.60. The highest BCUT2D eigenvalue weighted by atomic mass is 35.5. The molecule has 5 heterocycles. The number of halogens is 1. The van der Waals surface area contributed by atoms with Gasteiger partial charge in [-0.2, -0.15) is 4.98 Å². The fourth-order valence-corrected chi connectivity index (χ4v) is 5.86. The normalized spacial score (nSPS) is 24.8. The van der Waals surface area contributed by atoms with E-state index >= 15 is 0 Å². The summed E-state index contributed by atoms with van der Waals surface area (Å²) in [5.41, 5.74) is 1.41. The average Bonchev–Trinajstić information content (AvgIpc) is 3.14. The molecule has 3 saturated heterocycles. The van der Waals surface area contributed by atoms with Gasteiger partial charge in [0.05, 0.1) is 13.2 Å². The lowest BCUT2D eigenvalue weighted by atomic mass is 9.79. The number of aromatic nitrogens is 4. The van der Waals surface area contributed by atoms with Gasteiger partial charge in [-0.25, -0.2) is 15.0 Å². The number of rotatable bonds is 3. The molecule has 10 heteroatoms. The van der Waals surface area contributed by atoms with E-state index in [9.17, 15) is 0 Å². The van der Waals surface area contributed by atoms with Crippen molar-refractivity contribution < 1.29 is 9.47 Å². The Morgan fingerprint density at radius 1 is 1.00 bits per heavy atom. The SMILES string of the molecule is CC1(C)CC(Nc2ncnc3c(N4CCC5(CC4)OCCO5)nc(Cl)nc23)CC(C)(C)N1. The lowest BCUT2D eigenvalue weighted by molar-refractivity contribution is -0.169. The summed E-state index contributed by atoms with van der Waals surface area (Å²) in [6.45, 7) is 11.8. The molecular weight excluding hydrogens is 430 g/mol. The third-order valence-corrected chi connectivity index (χ3v) is 6.77. The van der Waals surface area contributed by atoms with Gasteiger partial charge in [-0.05, 0) is 52.1 Å². The first-order valence-corrected chi connectivity index (χ1v) is 11.8. The number of hydrogen-bond acceptors (Lipinski definition) is 9. The first-order valence-electron chi connectivity index (χ1n) is 11.4. The highest BCUT2D eigenvalue weighted by Gasteiger charge is 2.41. The standard InChI is InChI=1S/C22H32ClN7O2/c1-20(2)11-14(12-21(3,4)29-20)26-17-15-16(24-13-25-17)18(28-19(23)27-15)30-7-5-22(6-8-30)31-9-10-32-22/h13-14,29H,5-12H2,1-4H3,(H,24,25,26). The van der Waals surface area contributed by atoms with E-state index in [0.717, 1.165) is 44.6 Å². The van der Waals surface area contributed by atoms with E-state index in [-0.39, 0.29) is 22.4 Å². The van der Waals surface area contributed by atoms with Gasteiger partial charge in [-0.15, -0.1) is 0 Å². The zero-order chi connectivity index (χ0) is 22.6. The van der Waals surface area contributed by atoms with Crippen molar-refractivity contribution in [3.8, 4) is 0 Å². The summed E-state index contributed by atoms with van der Waals surface area (Å²) in [6.07, 6.45) is 5.10. The van der Waals surface area contributed by atoms with Gasteiger partial charge in [-0.1, -0.05) is 0 Å². The summed E-state index contributed by atoms with van der Waals surface area (Å²) in [4.78, 5) is 20.3. The fraction of sp³-hybridized carbons (Fsp3) is 0.727. The number of anilines is 2. The third kappa shape index (κ3) is 4.35. The number of nitrogens with one attached hydrogen (secondary N) is 2. The third-order valence-electron chi connectivity index (χ3n) is 6.61. The molecule has 1 spiro atoms. The van der Waals surface area contributed by atoms with Crippen LogP contribution in [0.1, 0.15) is 53.4 Å². The molecular formula is C22H32ClN7O2. The minimum Gasteiger partial charge on any atom is -0.365 e. The van der Waals surface area contributed by atoms with Crippen LogP contribution in [0.25, 0.3) is 11.0 Å². The molecule has 3 aliphatic rings. The zero-order valence-electron chi connectivity index (χ0n) is 19.2.